The molecule has 0 amide bonds. The molecule has 5 heteroatoms. The second-order valence-electron chi connectivity index (χ2n) is 3.64. The molecule has 17 heavy (non-hydrogen) atoms. The van der Waals surface area contributed by atoms with Crippen molar-refractivity contribution in [2.24, 2.45) is 5.92 Å². The topological polar surface area (TPSA) is 63.6 Å². The van der Waals surface area contributed by atoms with Crippen LogP contribution in [0.2, 0.25) is 0 Å². The zero-order valence-corrected chi connectivity index (χ0v) is 10.5. The Bertz CT molecular complexity index is 349. The van der Waals surface area contributed by atoms with Gasteiger partial charge >= 0.3 is 11.4 Å². The molecule has 0 aliphatic heterocycles. The lowest BCUT2D eigenvalue weighted by Crippen LogP contribution is -1.99. The van der Waals surface area contributed by atoms with Gasteiger partial charge in [0.15, 0.2) is 0 Å². The van der Waals surface area contributed by atoms with Crippen LogP contribution in [0.3, 0.4) is 0 Å². The third-order valence-corrected chi connectivity index (χ3v) is 1.60. The van der Waals surface area contributed by atoms with E-state index in [2.05, 4.69) is 4.74 Å². The molecule has 1 N–H and O–H groups in total. The van der Waals surface area contributed by atoms with E-state index in [-0.39, 0.29) is 12.3 Å². The molecule has 0 aliphatic carbocycles. The maximum Gasteiger partial charge on any atom is 0.409 e. The molecule has 0 atom stereocenters. The van der Waals surface area contributed by atoms with Crippen LogP contribution < -0.4 is 4.74 Å². The van der Waals surface area contributed by atoms with E-state index >= 15 is 0 Å². The first-order chi connectivity index (χ1) is 7.91. The average Bonchev–Trinajstić information content (AvgIpc) is 2.16. The fraction of sp³-hybridized carbons (Fsp3) is 0.333. The lowest BCUT2D eigenvalue weighted by atomic mass is 10.1. The molecule has 0 saturated carbocycles. The monoisotopic (exact) mass is 258 g/mol. The van der Waals surface area contributed by atoms with Crippen LogP contribution in [-0.4, -0.2) is 16.5 Å². The summed E-state index contributed by atoms with van der Waals surface area (Å²) in [4.78, 5) is 20.0. The molecule has 0 saturated heterocycles. The molecule has 1 aromatic carbocycles. The van der Waals surface area contributed by atoms with Crippen LogP contribution in [0.25, 0.3) is 0 Å². The number of hydrogen-bond acceptors (Lipinski definition) is 3. The average molecular weight is 259 g/mol. The van der Waals surface area contributed by atoms with Gasteiger partial charge < -0.3 is 9.84 Å². The Morgan fingerprint density at radius 1 is 1.29 bits per heavy atom. The van der Waals surface area contributed by atoms with Crippen LogP contribution in [0.15, 0.2) is 30.3 Å². The maximum atomic E-state index is 10.2. The summed E-state index contributed by atoms with van der Waals surface area (Å²) in [6, 6.07) is 8.65. The second kappa shape index (κ2) is 8.58. The molecule has 1 rings (SSSR count). The summed E-state index contributed by atoms with van der Waals surface area (Å²) >= 11 is 4.95. The van der Waals surface area contributed by atoms with Crippen molar-refractivity contribution < 1.29 is 19.4 Å². The normalized spacial score (nSPS) is 9.18. The lowest BCUT2D eigenvalue weighted by Gasteiger charge is -1.95. The van der Waals surface area contributed by atoms with Crippen molar-refractivity contribution in [1.29, 1.82) is 0 Å². The Labute approximate surface area is 105 Å². The van der Waals surface area contributed by atoms with Crippen LogP contribution in [0.5, 0.6) is 5.75 Å². The second-order valence-corrected chi connectivity index (χ2v) is 3.95. The Morgan fingerprint density at radius 3 is 2.12 bits per heavy atom. The van der Waals surface area contributed by atoms with E-state index in [0.717, 1.165) is 0 Å². The number of hydrogen-bond donors (Lipinski definition) is 1. The minimum Gasteiger partial charge on any atom is -0.481 e. The van der Waals surface area contributed by atoms with Gasteiger partial charge in [-0.3, -0.25) is 4.79 Å². The zero-order chi connectivity index (χ0) is 13.3. The highest BCUT2D eigenvalue weighted by Crippen LogP contribution is 2.09. The van der Waals surface area contributed by atoms with Crippen LogP contribution in [0.1, 0.15) is 20.3 Å². The van der Waals surface area contributed by atoms with E-state index < -0.39 is 11.4 Å². The molecule has 0 radical (unpaired) electrons. The Morgan fingerprint density at radius 2 is 1.82 bits per heavy atom. The quantitative estimate of drug-likeness (QED) is 0.842. The SMILES string of the molecule is CC(C)CC(=O)O.O=C(Cl)Oc1ccccc1. The Kier molecular flexibility index (Phi) is 7.80. The summed E-state index contributed by atoms with van der Waals surface area (Å²) in [5.41, 5.74) is -0.814. The molecule has 0 aromatic heterocycles. The summed E-state index contributed by atoms with van der Waals surface area (Å²) in [6.45, 7) is 3.77. The number of rotatable bonds is 3. The Hall–Kier alpha value is -1.55. The minimum absolute atomic E-state index is 0.275. The van der Waals surface area contributed by atoms with Gasteiger partial charge in [-0.15, -0.1) is 0 Å². The molecule has 0 heterocycles. The van der Waals surface area contributed by atoms with Crippen molar-refractivity contribution in [3.63, 3.8) is 0 Å². The minimum atomic E-state index is -0.814. The number of para-hydroxylation sites is 1. The summed E-state index contributed by atoms with van der Waals surface area (Å²) in [5, 5.41) is 8.08. The number of carboxylic acid groups (broad SMARTS) is 1. The van der Waals surface area contributed by atoms with Crippen molar-refractivity contribution in [3.05, 3.63) is 30.3 Å². The van der Waals surface area contributed by atoms with Crippen LogP contribution in [0.4, 0.5) is 4.79 Å². The van der Waals surface area contributed by atoms with Crippen LogP contribution >= 0.6 is 11.6 Å². The first kappa shape index (κ1) is 15.4. The van der Waals surface area contributed by atoms with E-state index in [0.29, 0.717) is 5.75 Å². The van der Waals surface area contributed by atoms with Gasteiger partial charge in [0.2, 0.25) is 0 Å². The fourth-order valence-corrected chi connectivity index (χ4v) is 1.02. The number of carboxylic acids is 1. The zero-order valence-electron chi connectivity index (χ0n) is 9.72. The van der Waals surface area contributed by atoms with Crippen molar-refractivity contribution in [3.8, 4) is 5.75 Å². The third kappa shape index (κ3) is 10.7. The predicted octanol–water partition coefficient (Wildman–Crippen LogP) is 3.54. The number of aliphatic carboxylic acids is 1. The summed E-state index contributed by atoms with van der Waals surface area (Å²) in [6.07, 6.45) is 0.278. The van der Waals surface area contributed by atoms with Crippen LogP contribution in [-0.2, 0) is 4.79 Å². The smallest absolute Gasteiger partial charge is 0.409 e. The third-order valence-electron chi connectivity index (χ3n) is 1.52. The van der Waals surface area contributed by atoms with Gasteiger partial charge in [-0.2, -0.15) is 0 Å². The molecular formula is C12H15ClO4. The molecule has 0 unspecified atom stereocenters. The van der Waals surface area contributed by atoms with Gasteiger partial charge in [-0.25, -0.2) is 4.79 Å². The van der Waals surface area contributed by atoms with Crippen LogP contribution in [0, 0.1) is 5.92 Å². The van der Waals surface area contributed by atoms with Gasteiger partial charge in [0.25, 0.3) is 0 Å². The van der Waals surface area contributed by atoms with E-state index in [4.69, 9.17) is 16.7 Å². The number of halogens is 1. The number of ether oxygens (including phenoxy) is 1. The predicted molar refractivity (Wildman–Crippen MR) is 65.4 cm³/mol. The fourth-order valence-electron chi connectivity index (χ4n) is 0.930. The largest absolute Gasteiger partial charge is 0.481 e. The molecular weight excluding hydrogens is 244 g/mol. The number of carbonyl (C=O) groups excluding carboxylic acids is 1. The number of benzene rings is 1. The lowest BCUT2D eigenvalue weighted by molar-refractivity contribution is -0.137. The van der Waals surface area contributed by atoms with Gasteiger partial charge in [-0.05, 0) is 18.1 Å². The van der Waals surface area contributed by atoms with Gasteiger partial charge in [0.1, 0.15) is 5.75 Å². The van der Waals surface area contributed by atoms with Crippen molar-refractivity contribution >= 4 is 23.0 Å². The summed E-state index contributed by atoms with van der Waals surface area (Å²) in [7, 11) is 0. The van der Waals surface area contributed by atoms with E-state index in [1.807, 2.05) is 19.9 Å². The van der Waals surface area contributed by atoms with E-state index in [1.165, 1.54) is 0 Å². The first-order valence-electron chi connectivity index (χ1n) is 5.06. The molecule has 0 spiro atoms. The first-order valence-corrected chi connectivity index (χ1v) is 5.43. The van der Waals surface area contributed by atoms with Gasteiger partial charge in [0.05, 0.1) is 0 Å². The molecule has 1 aromatic rings. The summed E-state index contributed by atoms with van der Waals surface area (Å²) in [5.74, 6) is 0.0231. The molecule has 94 valence electrons. The highest BCUT2D eigenvalue weighted by atomic mass is 35.5. The molecule has 4 nitrogen and oxygen atoms in total. The highest BCUT2D eigenvalue weighted by molar-refractivity contribution is 6.61. The van der Waals surface area contributed by atoms with Gasteiger partial charge in [0, 0.05) is 18.0 Å². The van der Waals surface area contributed by atoms with Crippen molar-refractivity contribution in [2.75, 3.05) is 0 Å². The van der Waals surface area contributed by atoms with E-state index in [9.17, 15) is 9.59 Å². The molecule has 0 bridgehead atoms. The molecule has 0 fully saturated rings. The van der Waals surface area contributed by atoms with Crippen molar-refractivity contribution in [1.82, 2.24) is 0 Å². The highest BCUT2D eigenvalue weighted by Gasteiger charge is 1.98. The number of carbonyl (C=O) groups is 2. The van der Waals surface area contributed by atoms with Gasteiger partial charge in [-0.1, -0.05) is 32.0 Å². The standard InChI is InChI=1S/C7H5ClO2.C5H10O2/c8-7(9)10-6-4-2-1-3-5-6;1-4(2)3-5(6)7/h1-5H;4H,3H2,1-2H3,(H,6,7). The molecule has 0 aliphatic rings. The van der Waals surface area contributed by atoms with E-state index in [1.54, 1.807) is 24.3 Å². The summed E-state index contributed by atoms with van der Waals surface area (Å²) < 4.78 is 4.54. The van der Waals surface area contributed by atoms with Crippen molar-refractivity contribution in [2.45, 2.75) is 20.3 Å². The Balaban J connectivity index is 0.000000325. The maximum absolute atomic E-state index is 10.2.